The lowest BCUT2D eigenvalue weighted by molar-refractivity contribution is 0.470. The van der Waals surface area contributed by atoms with Crippen LogP contribution in [-0.4, -0.2) is 45.5 Å². The van der Waals surface area contributed by atoms with Crippen LogP contribution in [0.5, 0.6) is 0 Å². The quantitative estimate of drug-likeness (QED) is 0.154. The Bertz CT molecular complexity index is 703. The largest absolute Gasteiger partial charge is 0.357 e. The van der Waals surface area contributed by atoms with E-state index in [1.165, 1.54) is 0 Å². The molecule has 0 aromatic heterocycles. The summed E-state index contributed by atoms with van der Waals surface area (Å²) < 4.78 is 26.6. The molecular weight excluding hydrogens is 487 g/mol. The van der Waals surface area contributed by atoms with Gasteiger partial charge in [-0.05, 0) is 44.7 Å². The molecule has 160 valence electrons. The number of hydrogen-bond acceptors (Lipinski definition) is 3. The molecule has 0 saturated carbocycles. The molecule has 0 aliphatic heterocycles. The molecule has 0 unspecified atom stereocenters. The molecule has 0 aliphatic carbocycles. The van der Waals surface area contributed by atoms with Gasteiger partial charge in [0.2, 0.25) is 10.0 Å². The van der Waals surface area contributed by atoms with Gasteiger partial charge in [0.1, 0.15) is 0 Å². The van der Waals surface area contributed by atoms with Gasteiger partial charge in [-0.1, -0.05) is 30.3 Å². The Labute approximate surface area is 188 Å². The maximum Gasteiger partial charge on any atom is 0.216 e. The van der Waals surface area contributed by atoms with Gasteiger partial charge in [0.25, 0.3) is 0 Å². The molecule has 0 atom stereocenters. The first-order valence-electron chi connectivity index (χ1n) is 9.45. The zero-order valence-electron chi connectivity index (χ0n) is 17.4. The number of nitrogens with zero attached hydrogens (tertiary/aromatic N) is 2. The van der Waals surface area contributed by atoms with Crippen LogP contribution in [0.1, 0.15) is 44.7 Å². The molecule has 2 N–H and O–H groups in total. The second-order valence-corrected chi connectivity index (χ2v) is 8.62. The zero-order valence-corrected chi connectivity index (χ0v) is 20.6. The van der Waals surface area contributed by atoms with Crippen molar-refractivity contribution in [1.29, 1.82) is 0 Å². The van der Waals surface area contributed by atoms with E-state index >= 15 is 0 Å². The number of guanidine groups is 1. The van der Waals surface area contributed by atoms with Crippen LogP contribution < -0.4 is 10.0 Å². The number of benzene rings is 1. The third-order valence-corrected chi connectivity index (χ3v) is 5.35. The number of halogens is 1. The van der Waals surface area contributed by atoms with Crippen LogP contribution in [0.2, 0.25) is 0 Å². The van der Waals surface area contributed by atoms with E-state index in [2.05, 4.69) is 26.5 Å². The SMILES string of the molecule is C=CCCCN(C)C(=NCc1ccc(CS(=O)(=O)NC(C)C)cc1)NCC.I. The number of aliphatic imine (C=N–C) groups is 1. The summed E-state index contributed by atoms with van der Waals surface area (Å²) in [5.41, 5.74) is 1.81. The number of allylic oxidation sites excluding steroid dienone is 1. The molecule has 8 heteroatoms. The average molecular weight is 522 g/mol. The summed E-state index contributed by atoms with van der Waals surface area (Å²) in [4.78, 5) is 6.80. The zero-order chi connectivity index (χ0) is 20.3. The van der Waals surface area contributed by atoms with Gasteiger partial charge in [-0.25, -0.2) is 18.1 Å². The van der Waals surface area contributed by atoms with Crippen molar-refractivity contribution in [2.75, 3.05) is 20.1 Å². The summed E-state index contributed by atoms with van der Waals surface area (Å²) in [6.07, 6.45) is 3.95. The van der Waals surface area contributed by atoms with Gasteiger partial charge in [0.15, 0.2) is 5.96 Å². The van der Waals surface area contributed by atoms with Crippen molar-refractivity contribution < 1.29 is 8.42 Å². The Kier molecular flexibility index (Phi) is 13.4. The highest BCUT2D eigenvalue weighted by molar-refractivity contribution is 14.0. The van der Waals surface area contributed by atoms with E-state index in [-0.39, 0.29) is 35.8 Å². The second kappa shape index (κ2) is 13.9. The highest BCUT2D eigenvalue weighted by Crippen LogP contribution is 2.09. The highest BCUT2D eigenvalue weighted by atomic mass is 127. The maximum atomic E-state index is 12.0. The fraction of sp³-hybridized carbons (Fsp3) is 0.550. The molecule has 0 fully saturated rings. The summed E-state index contributed by atoms with van der Waals surface area (Å²) in [5.74, 6) is 0.859. The minimum Gasteiger partial charge on any atom is -0.357 e. The standard InChI is InChI=1S/C20H34N4O2S.HI/c1-6-8-9-14-24(5)20(21-7-2)22-15-18-10-12-19(13-11-18)16-27(25,26)23-17(3)4;/h6,10-13,17,23H,1,7-9,14-16H2,2-5H3,(H,21,22);1H. The van der Waals surface area contributed by atoms with Crippen LogP contribution in [-0.2, 0) is 22.3 Å². The normalized spacial score (nSPS) is 11.8. The van der Waals surface area contributed by atoms with Crippen molar-refractivity contribution in [3.05, 3.63) is 48.0 Å². The summed E-state index contributed by atoms with van der Waals surface area (Å²) in [7, 11) is -1.28. The van der Waals surface area contributed by atoms with E-state index in [0.29, 0.717) is 6.54 Å². The van der Waals surface area contributed by atoms with Crippen molar-refractivity contribution in [1.82, 2.24) is 14.9 Å². The van der Waals surface area contributed by atoms with E-state index in [1.54, 1.807) is 0 Å². The first-order chi connectivity index (χ1) is 12.8. The number of sulfonamides is 1. The predicted molar refractivity (Wildman–Crippen MR) is 130 cm³/mol. The summed E-state index contributed by atoms with van der Waals surface area (Å²) in [6, 6.07) is 7.48. The molecule has 1 aromatic rings. The van der Waals surface area contributed by atoms with E-state index < -0.39 is 10.0 Å². The van der Waals surface area contributed by atoms with Gasteiger partial charge >= 0.3 is 0 Å². The van der Waals surface area contributed by atoms with Gasteiger partial charge < -0.3 is 10.2 Å². The topological polar surface area (TPSA) is 73.8 Å². The van der Waals surface area contributed by atoms with Crippen molar-refractivity contribution in [3.63, 3.8) is 0 Å². The molecule has 0 spiro atoms. The van der Waals surface area contributed by atoms with Gasteiger partial charge in [-0.3, -0.25) is 0 Å². The lowest BCUT2D eigenvalue weighted by Crippen LogP contribution is -2.39. The van der Waals surface area contributed by atoms with E-state index in [9.17, 15) is 8.42 Å². The van der Waals surface area contributed by atoms with Crippen LogP contribution in [0.4, 0.5) is 0 Å². The lowest BCUT2D eigenvalue weighted by Gasteiger charge is -2.21. The third-order valence-electron chi connectivity index (χ3n) is 3.80. The smallest absolute Gasteiger partial charge is 0.216 e. The first kappa shape index (κ1) is 26.9. The highest BCUT2D eigenvalue weighted by Gasteiger charge is 2.12. The Morgan fingerprint density at radius 3 is 2.39 bits per heavy atom. The number of rotatable bonds is 11. The summed E-state index contributed by atoms with van der Waals surface area (Å²) >= 11 is 0. The Morgan fingerprint density at radius 1 is 1.25 bits per heavy atom. The second-order valence-electron chi connectivity index (χ2n) is 6.87. The Hall–Kier alpha value is -1.13. The fourth-order valence-corrected chi connectivity index (χ4v) is 4.01. The van der Waals surface area contributed by atoms with Gasteiger partial charge in [-0.2, -0.15) is 0 Å². The first-order valence-corrected chi connectivity index (χ1v) is 11.1. The number of nitrogens with one attached hydrogen (secondary N) is 2. The van der Waals surface area contributed by atoms with E-state index in [0.717, 1.165) is 43.0 Å². The number of unbranched alkanes of at least 4 members (excludes halogenated alkanes) is 1. The van der Waals surface area contributed by atoms with Crippen molar-refractivity contribution in [2.24, 2.45) is 4.99 Å². The molecule has 0 bridgehead atoms. The Balaban J connectivity index is 0.00000729. The molecule has 28 heavy (non-hydrogen) atoms. The van der Waals surface area contributed by atoms with Crippen LogP contribution in [0.15, 0.2) is 41.9 Å². The minimum atomic E-state index is -3.30. The molecule has 0 aliphatic rings. The molecule has 1 aromatic carbocycles. The van der Waals surface area contributed by atoms with Gasteiger partial charge in [0.05, 0.1) is 12.3 Å². The lowest BCUT2D eigenvalue weighted by atomic mass is 10.1. The summed E-state index contributed by atoms with van der Waals surface area (Å²) in [6.45, 7) is 11.7. The minimum absolute atomic E-state index is 0. The van der Waals surface area contributed by atoms with E-state index in [4.69, 9.17) is 0 Å². The summed E-state index contributed by atoms with van der Waals surface area (Å²) in [5, 5.41) is 3.30. The van der Waals surface area contributed by atoms with Crippen LogP contribution in [0.25, 0.3) is 0 Å². The van der Waals surface area contributed by atoms with E-state index in [1.807, 2.05) is 58.2 Å². The van der Waals surface area contributed by atoms with Gasteiger partial charge in [0, 0.05) is 26.2 Å². The average Bonchev–Trinajstić information content (AvgIpc) is 2.58. The maximum absolute atomic E-state index is 12.0. The monoisotopic (exact) mass is 522 g/mol. The Morgan fingerprint density at radius 2 is 1.86 bits per heavy atom. The van der Waals surface area contributed by atoms with Crippen LogP contribution in [0.3, 0.4) is 0 Å². The molecule has 0 heterocycles. The van der Waals surface area contributed by atoms with Crippen molar-refractivity contribution in [3.8, 4) is 0 Å². The fourth-order valence-electron chi connectivity index (χ4n) is 2.58. The van der Waals surface area contributed by atoms with Crippen LogP contribution >= 0.6 is 24.0 Å². The van der Waals surface area contributed by atoms with Crippen LogP contribution in [0, 0.1) is 0 Å². The third kappa shape index (κ3) is 11.0. The number of hydrogen-bond donors (Lipinski definition) is 2. The predicted octanol–water partition coefficient (Wildman–Crippen LogP) is 3.50. The van der Waals surface area contributed by atoms with Crippen molar-refractivity contribution >= 4 is 40.0 Å². The molecule has 0 saturated heterocycles. The molecule has 0 amide bonds. The molecule has 1 rings (SSSR count). The van der Waals surface area contributed by atoms with Crippen molar-refractivity contribution in [2.45, 2.75) is 52.0 Å². The molecular formula is C20H35IN4O2S. The molecule has 6 nitrogen and oxygen atoms in total. The van der Waals surface area contributed by atoms with Gasteiger partial charge in [-0.15, -0.1) is 30.6 Å². The molecule has 0 radical (unpaired) electrons.